The molecule has 0 aliphatic rings. The Morgan fingerprint density at radius 3 is 2.67 bits per heavy atom. The topological polar surface area (TPSA) is 79.9 Å². The minimum Gasteiger partial charge on any atom is -0.508 e. The summed E-state index contributed by atoms with van der Waals surface area (Å²) in [5.41, 5.74) is 1.46. The lowest BCUT2D eigenvalue weighted by molar-refractivity contribution is 0.281. The summed E-state index contributed by atoms with van der Waals surface area (Å²) in [5, 5.41) is 19.7. The van der Waals surface area contributed by atoms with Gasteiger partial charge in [-0.05, 0) is 30.7 Å². The van der Waals surface area contributed by atoms with E-state index in [1.54, 1.807) is 19.1 Å². The standard InChI is InChI=1S/C16H14O5/c1-8-3-4-12(20-2)16-13(8)14(19)11-6-10(18)5-9(7-17)15(11)21-16/h3-6,17-18H,7H2,1-2H3. The van der Waals surface area contributed by atoms with E-state index in [1.807, 2.05) is 0 Å². The molecule has 3 aromatic rings. The van der Waals surface area contributed by atoms with Gasteiger partial charge in [-0.1, -0.05) is 6.07 Å². The fourth-order valence-electron chi connectivity index (χ4n) is 2.52. The van der Waals surface area contributed by atoms with Crippen LogP contribution in [0.3, 0.4) is 0 Å². The summed E-state index contributed by atoms with van der Waals surface area (Å²) in [7, 11) is 1.50. The lowest BCUT2D eigenvalue weighted by Gasteiger charge is -2.10. The number of ether oxygens (including phenoxy) is 1. The molecule has 2 N–H and O–H groups in total. The van der Waals surface area contributed by atoms with Crippen LogP contribution >= 0.6 is 0 Å². The number of hydrogen-bond acceptors (Lipinski definition) is 5. The van der Waals surface area contributed by atoms with Crippen LogP contribution in [-0.2, 0) is 6.61 Å². The van der Waals surface area contributed by atoms with Gasteiger partial charge >= 0.3 is 0 Å². The number of rotatable bonds is 2. The molecular formula is C16H14O5. The number of aromatic hydroxyl groups is 1. The largest absolute Gasteiger partial charge is 0.508 e. The highest BCUT2D eigenvalue weighted by Gasteiger charge is 2.16. The summed E-state index contributed by atoms with van der Waals surface area (Å²) in [6.45, 7) is 1.47. The highest BCUT2D eigenvalue weighted by molar-refractivity contribution is 5.95. The molecule has 0 saturated carbocycles. The average molecular weight is 286 g/mol. The van der Waals surface area contributed by atoms with Crippen LogP contribution in [0.1, 0.15) is 11.1 Å². The van der Waals surface area contributed by atoms with Gasteiger partial charge in [0.25, 0.3) is 0 Å². The second kappa shape index (κ2) is 4.79. The number of aryl methyl sites for hydroxylation is 1. The minimum atomic E-state index is -0.340. The number of aliphatic hydroxyl groups is 1. The fraction of sp³-hybridized carbons (Fsp3) is 0.188. The molecule has 0 atom stereocenters. The third kappa shape index (κ3) is 1.94. The van der Waals surface area contributed by atoms with E-state index < -0.39 is 0 Å². The van der Waals surface area contributed by atoms with Crippen molar-refractivity contribution in [2.75, 3.05) is 7.11 Å². The molecule has 0 spiro atoms. The first-order chi connectivity index (χ1) is 10.1. The van der Waals surface area contributed by atoms with E-state index in [2.05, 4.69) is 0 Å². The third-order valence-corrected chi connectivity index (χ3v) is 3.55. The summed E-state index contributed by atoms with van der Waals surface area (Å²) >= 11 is 0. The first-order valence-electron chi connectivity index (χ1n) is 6.43. The summed E-state index contributed by atoms with van der Waals surface area (Å²) < 4.78 is 11.0. The van der Waals surface area contributed by atoms with Gasteiger partial charge in [-0.2, -0.15) is 0 Å². The van der Waals surface area contributed by atoms with Crippen LogP contribution in [0, 0.1) is 6.92 Å². The lowest BCUT2D eigenvalue weighted by atomic mass is 10.0. The van der Waals surface area contributed by atoms with Gasteiger partial charge in [0.2, 0.25) is 5.43 Å². The van der Waals surface area contributed by atoms with Gasteiger partial charge in [0.15, 0.2) is 11.3 Å². The van der Waals surface area contributed by atoms with Crippen molar-refractivity contribution in [3.05, 3.63) is 45.6 Å². The van der Waals surface area contributed by atoms with Crippen LogP contribution in [0.5, 0.6) is 11.5 Å². The smallest absolute Gasteiger partial charge is 0.201 e. The van der Waals surface area contributed by atoms with E-state index in [0.29, 0.717) is 22.3 Å². The van der Waals surface area contributed by atoms with E-state index in [1.165, 1.54) is 19.2 Å². The van der Waals surface area contributed by atoms with Gasteiger partial charge in [-0.3, -0.25) is 4.79 Å². The molecule has 0 aliphatic heterocycles. The molecule has 21 heavy (non-hydrogen) atoms. The molecule has 0 amide bonds. The first-order valence-corrected chi connectivity index (χ1v) is 6.43. The Kier molecular flexibility index (Phi) is 3.07. The first kappa shape index (κ1) is 13.5. The number of phenols is 1. The zero-order valence-corrected chi connectivity index (χ0v) is 11.6. The van der Waals surface area contributed by atoms with Crippen molar-refractivity contribution in [1.82, 2.24) is 0 Å². The molecule has 3 rings (SSSR count). The summed E-state index contributed by atoms with van der Waals surface area (Å²) in [5.74, 6) is 0.366. The average Bonchev–Trinajstić information content (AvgIpc) is 2.47. The molecule has 1 aromatic heterocycles. The van der Waals surface area contributed by atoms with Crippen molar-refractivity contribution in [1.29, 1.82) is 0 Å². The zero-order valence-electron chi connectivity index (χ0n) is 11.6. The maximum Gasteiger partial charge on any atom is 0.201 e. The number of hydrogen-bond donors (Lipinski definition) is 2. The number of aliphatic hydroxyl groups excluding tert-OH is 1. The number of phenolic OH excluding ortho intramolecular Hbond substituents is 1. The van der Waals surface area contributed by atoms with Crippen LogP contribution in [0.4, 0.5) is 0 Å². The second-order valence-electron chi connectivity index (χ2n) is 4.86. The molecule has 0 saturated heterocycles. The zero-order chi connectivity index (χ0) is 15.1. The van der Waals surface area contributed by atoms with Gasteiger partial charge in [0, 0.05) is 5.56 Å². The van der Waals surface area contributed by atoms with E-state index in [0.717, 1.165) is 5.56 Å². The summed E-state index contributed by atoms with van der Waals surface area (Å²) in [4.78, 5) is 12.7. The molecule has 5 nitrogen and oxygen atoms in total. The number of fused-ring (bicyclic) bond motifs is 2. The van der Waals surface area contributed by atoms with Crippen molar-refractivity contribution in [3.8, 4) is 11.5 Å². The Hall–Kier alpha value is -2.53. The lowest BCUT2D eigenvalue weighted by Crippen LogP contribution is -2.06. The fourth-order valence-corrected chi connectivity index (χ4v) is 2.52. The van der Waals surface area contributed by atoms with Crippen LogP contribution in [0.15, 0.2) is 33.5 Å². The summed E-state index contributed by atoms with van der Waals surface area (Å²) in [6, 6.07) is 6.23. The molecule has 0 fully saturated rings. The van der Waals surface area contributed by atoms with Gasteiger partial charge in [0.1, 0.15) is 11.3 Å². The van der Waals surface area contributed by atoms with E-state index in [9.17, 15) is 15.0 Å². The molecule has 108 valence electrons. The summed E-state index contributed by atoms with van der Waals surface area (Å²) in [6.07, 6.45) is 0. The normalized spacial score (nSPS) is 11.2. The predicted octanol–water partition coefficient (Wildman–Crippen LogP) is 2.46. The monoisotopic (exact) mass is 286 g/mol. The number of methoxy groups -OCH3 is 1. The Bertz CT molecular complexity index is 908. The Morgan fingerprint density at radius 1 is 1.24 bits per heavy atom. The van der Waals surface area contributed by atoms with Crippen LogP contribution in [0.2, 0.25) is 0 Å². The van der Waals surface area contributed by atoms with E-state index in [4.69, 9.17) is 9.15 Å². The van der Waals surface area contributed by atoms with Gasteiger partial charge < -0.3 is 19.4 Å². The molecule has 0 radical (unpaired) electrons. The minimum absolute atomic E-state index is 0.0845. The van der Waals surface area contributed by atoms with Crippen LogP contribution < -0.4 is 10.2 Å². The second-order valence-corrected chi connectivity index (χ2v) is 4.86. The molecule has 0 aliphatic carbocycles. The highest BCUT2D eigenvalue weighted by atomic mass is 16.5. The van der Waals surface area contributed by atoms with Crippen molar-refractivity contribution >= 4 is 21.9 Å². The Morgan fingerprint density at radius 2 is 2.00 bits per heavy atom. The maximum atomic E-state index is 12.7. The molecule has 5 heteroatoms. The highest BCUT2D eigenvalue weighted by Crippen LogP contribution is 2.32. The number of benzene rings is 2. The Labute approximate surface area is 120 Å². The molecule has 2 aromatic carbocycles. The molecule has 1 heterocycles. The van der Waals surface area contributed by atoms with Crippen molar-refractivity contribution in [2.45, 2.75) is 13.5 Å². The van der Waals surface area contributed by atoms with Crippen LogP contribution in [-0.4, -0.2) is 17.3 Å². The SMILES string of the molecule is COc1ccc(C)c2c(=O)c3cc(O)cc(CO)c3oc12. The van der Waals surface area contributed by atoms with Crippen molar-refractivity contribution in [3.63, 3.8) is 0 Å². The van der Waals surface area contributed by atoms with Gasteiger partial charge in [-0.15, -0.1) is 0 Å². The molecular weight excluding hydrogens is 272 g/mol. The van der Waals surface area contributed by atoms with E-state index >= 15 is 0 Å². The molecule has 0 bridgehead atoms. The van der Waals surface area contributed by atoms with Crippen molar-refractivity contribution < 1.29 is 19.4 Å². The quantitative estimate of drug-likeness (QED) is 0.707. The van der Waals surface area contributed by atoms with E-state index in [-0.39, 0.29) is 28.8 Å². The van der Waals surface area contributed by atoms with Gasteiger partial charge in [0.05, 0.1) is 24.5 Å². The van der Waals surface area contributed by atoms with Crippen LogP contribution in [0.25, 0.3) is 21.9 Å². The Balaban J connectivity index is 2.62. The molecule has 0 unspecified atom stereocenters. The predicted molar refractivity (Wildman–Crippen MR) is 78.9 cm³/mol. The maximum absolute atomic E-state index is 12.7. The van der Waals surface area contributed by atoms with Crippen molar-refractivity contribution in [2.24, 2.45) is 0 Å². The van der Waals surface area contributed by atoms with Gasteiger partial charge in [-0.25, -0.2) is 0 Å². The third-order valence-electron chi connectivity index (χ3n) is 3.55.